The van der Waals surface area contributed by atoms with E-state index in [1.165, 1.54) is 41.7 Å². The van der Waals surface area contributed by atoms with Gasteiger partial charge in [0.05, 0.1) is 12.9 Å². The second-order valence-corrected chi connectivity index (χ2v) is 17.1. The van der Waals surface area contributed by atoms with E-state index in [4.69, 9.17) is 5.73 Å². The van der Waals surface area contributed by atoms with Crippen molar-refractivity contribution >= 4 is 58.2 Å². The van der Waals surface area contributed by atoms with Crippen LogP contribution in [0.25, 0.3) is 10.9 Å². The largest absolute Gasteiger partial charge is 0.508 e. The van der Waals surface area contributed by atoms with Gasteiger partial charge in [0, 0.05) is 61.2 Å². The number of primary amides is 1. The van der Waals surface area contributed by atoms with Crippen molar-refractivity contribution in [2.45, 2.75) is 108 Å². The van der Waals surface area contributed by atoms with Crippen LogP contribution < -0.4 is 37.6 Å². The first-order valence-corrected chi connectivity index (χ1v) is 21.9. The lowest BCUT2D eigenvalue weighted by Gasteiger charge is -2.31. The number of aromatic amines is 2. The van der Waals surface area contributed by atoms with Crippen LogP contribution in [0.5, 0.6) is 5.75 Å². The zero-order chi connectivity index (χ0) is 47.5. The molecule has 4 heterocycles. The van der Waals surface area contributed by atoms with E-state index >= 15 is 0 Å². The van der Waals surface area contributed by atoms with Crippen LogP contribution in [0.2, 0.25) is 0 Å². The molecule has 2 aromatic carbocycles. The van der Waals surface area contributed by atoms with E-state index in [1.54, 1.807) is 12.3 Å². The van der Waals surface area contributed by atoms with Crippen molar-refractivity contribution < 1.29 is 48.6 Å². The van der Waals surface area contributed by atoms with Crippen molar-refractivity contribution in [1.82, 2.24) is 51.8 Å². The molecule has 0 radical (unpaired) electrons. The number of aliphatic hydroxyl groups excluding tert-OH is 1. The van der Waals surface area contributed by atoms with Gasteiger partial charge in [0.15, 0.2) is 0 Å². The lowest BCUT2D eigenvalue weighted by molar-refractivity contribution is -0.143. The van der Waals surface area contributed by atoms with Gasteiger partial charge in [0.25, 0.3) is 0 Å². The number of carbonyl (C=O) groups excluding carboxylic acids is 8. The molecular formula is C45H57N11O10. The third kappa shape index (κ3) is 12.5. The van der Waals surface area contributed by atoms with Gasteiger partial charge in [-0.1, -0.05) is 44.2 Å². The first-order valence-electron chi connectivity index (χ1n) is 21.9. The summed E-state index contributed by atoms with van der Waals surface area (Å²) in [5, 5.41) is 37.2. The molecular weight excluding hydrogens is 855 g/mol. The summed E-state index contributed by atoms with van der Waals surface area (Å²) in [7, 11) is 0. The Morgan fingerprint density at radius 1 is 0.742 bits per heavy atom. The highest BCUT2D eigenvalue weighted by atomic mass is 16.3. The van der Waals surface area contributed by atoms with Gasteiger partial charge >= 0.3 is 0 Å². The number of hydrogen-bond acceptors (Lipinski definition) is 11. The number of aromatic hydroxyl groups is 1. The SMILES string of the molecule is CC(C)C[C@@H]1NC(=O)[C@H](Cc2c[nH]c3ccccc23)NC(=O)[C@H](CO)NC(=O)[C@H](Cc2ccc(O)cc2)NC(=O)[C@@H]2CCCN2C(=O)[C@H](CCC(N)=O)NC(=O)[C@H](Cc2cnc[nH]2)NC1=O. The van der Waals surface area contributed by atoms with Crippen LogP contribution in [-0.4, -0.2) is 133 Å². The summed E-state index contributed by atoms with van der Waals surface area (Å²) in [6, 6.07) is 3.50. The maximum absolute atomic E-state index is 14.4. The highest BCUT2D eigenvalue weighted by Gasteiger charge is 2.41. The van der Waals surface area contributed by atoms with Crippen LogP contribution in [-0.2, 0) is 57.6 Å². The van der Waals surface area contributed by atoms with Gasteiger partial charge in [-0.05, 0) is 60.9 Å². The molecule has 66 heavy (non-hydrogen) atoms. The van der Waals surface area contributed by atoms with Gasteiger partial charge in [0.2, 0.25) is 47.3 Å². The van der Waals surface area contributed by atoms with Crippen LogP contribution in [0.1, 0.15) is 62.8 Å². The Bertz CT molecular complexity index is 2390. The summed E-state index contributed by atoms with van der Waals surface area (Å²) < 4.78 is 0. The Balaban J connectivity index is 1.41. The molecule has 352 valence electrons. The maximum Gasteiger partial charge on any atom is 0.245 e. The Labute approximate surface area is 379 Å². The monoisotopic (exact) mass is 911 g/mol. The molecule has 0 saturated carbocycles. The topological polar surface area (TPSA) is 323 Å². The number of amides is 8. The summed E-state index contributed by atoms with van der Waals surface area (Å²) >= 11 is 0. The molecule has 0 spiro atoms. The first-order chi connectivity index (χ1) is 31.6. The lowest BCUT2D eigenvalue weighted by Crippen LogP contribution is -2.60. The number of hydrogen-bond donors (Lipinski definition) is 11. The second-order valence-electron chi connectivity index (χ2n) is 17.1. The van der Waals surface area contributed by atoms with Crippen molar-refractivity contribution in [3.05, 3.63) is 84.1 Å². The number of nitrogens with two attached hydrogens (primary N) is 1. The number of para-hydroxylation sites is 1. The summed E-state index contributed by atoms with van der Waals surface area (Å²) in [5.41, 5.74) is 7.80. The number of aliphatic hydroxyl groups is 1. The van der Waals surface area contributed by atoms with E-state index in [-0.39, 0.29) is 63.2 Å². The third-order valence-electron chi connectivity index (χ3n) is 11.6. The predicted molar refractivity (Wildman–Crippen MR) is 237 cm³/mol. The summed E-state index contributed by atoms with van der Waals surface area (Å²) in [4.78, 5) is 123. The number of nitrogens with zero attached hydrogens (tertiary/aromatic N) is 2. The number of fused-ring (bicyclic) bond motifs is 2. The zero-order valence-electron chi connectivity index (χ0n) is 36.7. The number of phenols is 1. The van der Waals surface area contributed by atoms with E-state index < -0.39 is 96.2 Å². The molecule has 0 unspecified atom stereocenters. The van der Waals surface area contributed by atoms with Crippen LogP contribution in [0.15, 0.2) is 67.3 Å². The highest BCUT2D eigenvalue weighted by molar-refractivity contribution is 5.99. The molecule has 2 saturated heterocycles. The quantitative estimate of drug-likeness (QED) is 0.0806. The summed E-state index contributed by atoms with van der Waals surface area (Å²) in [6.07, 6.45) is 4.13. The minimum absolute atomic E-state index is 0.0520. The number of rotatable bonds is 12. The molecule has 21 heteroatoms. The van der Waals surface area contributed by atoms with Gasteiger partial charge in [-0.15, -0.1) is 0 Å². The minimum Gasteiger partial charge on any atom is -0.508 e. The number of phenolic OH excluding ortho intramolecular Hbond substituents is 1. The Morgan fingerprint density at radius 2 is 1.33 bits per heavy atom. The normalized spacial score (nSPS) is 24.1. The highest BCUT2D eigenvalue weighted by Crippen LogP contribution is 2.22. The molecule has 2 fully saturated rings. The fourth-order valence-electron chi connectivity index (χ4n) is 8.21. The fraction of sp³-hybridized carbons (Fsp3) is 0.444. The van der Waals surface area contributed by atoms with Crippen LogP contribution in [0.3, 0.4) is 0 Å². The summed E-state index contributed by atoms with van der Waals surface area (Å²) in [6.45, 7) is 2.80. The molecule has 0 aliphatic carbocycles. The summed E-state index contributed by atoms with van der Waals surface area (Å²) in [5.74, 6) is -6.70. The van der Waals surface area contributed by atoms with Crippen LogP contribution in [0, 0.1) is 5.92 Å². The van der Waals surface area contributed by atoms with Gasteiger partial charge in [-0.3, -0.25) is 38.4 Å². The average Bonchev–Trinajstić information content (AvgIpc) is 4.08. The predicted octanol–water partition coefficient (Wildman–Crippen LogP) is -1.16. The maximum atomic E-state index is 14.4. The number of aromatic nitrogens is 3. The number of H-pyrrole nitrogens is 2. The van der Waals surface area contributed by atoms with Gasteiger partial charge in [-0.25, -0.2) is 4.98 Å². The third-order valence-corrected chi connectivity index (χ3v) is 11.6. The van der Waals surface area contributed by atoms with E-state index in [1.807, 2.05) is 32.0 Å². The van der Waals surface area contributed by atoms with Crippen LogP contribution in [0.4, 0.5) is 0 Å². The molecule has 0 bridgehead atoms. The van der Waals surface area contributed by atoms with E-state index in [0.29, 0.717) is 23.2 Å². The Kier molecular flexibility index (Phi) is 16.1. The molecule has 12 N–H and O–H groups in total. The van der Waals surface area contributed by atoms with Crippen molar-refractivity contribution in [2.24, 2.45) is 11.7 Å². The van der Waals surface area contributed by atoms with Crippen molar-refractivity contribution in [2.75, 3.05) is 13.2 Å². The van der Waals surface area contributed by atoms with Gasteiger partial charge < -0.3 is 62.7 Å². The van der Waals surface area contributed by atoms with E-state index in [2.05, 4.69) is 46.9 Å². The molecule has 2 aliphatic heterocycles. The Hall–Kier alpha value is -7.29. The molecule has 4 aromatic rings. The van der Waals surface area contributed by atoms with Crippen molar-refractivity contribution in [3.8, 4) is 5.75 Å². The van der Waals surface area contributed by atoms with Crippen molar-refractivity contribution in [3.63, 3.8) is 0 Å². The number of nitrogens with one attached hydrogen (secondary N) is 8. The Morgan fingerprint density at radius 3 is 1.98 bits per heavy atom. The lowest BCUT2D eigenvalue weighted by atomic mass is 9.99. The molecule has 21 nitrogen and oxygen atoms in total. The average molecular weight is 912 g/mol. The molecule has 8 amide bonds. The van der Waals surface area contributed by atoms with Gasteiger partial charge in [0.1, 0.15) is 48.0 Å². The zero-order valence-corrected chi connectivity index (χ0v) is 36.7. The minimum atomic E-state index is -1.64. The number of imidazole rings is 1. The van der Waals surface area contributed by atoms with E-state index in [0.717, 1.165) is 10.9 Å². The molecule has 7 atom stereocenters. The number of benzene rings is 2. The number of carbonyl (C=O) groups is 8. The van der Waals surface area contributed by atoms with Crippen molar-refractivity contribution in [1.29, 1.82) is 0 Å². The first kappa shape index (κ1) is 48.2. The fourth-order valence-corrected chi connectivity index (χ4v) is 8.21. The molecule has 6 rings (SSSR count). The smallest absolute Gasteiger partial charge is 0.245 e. The van der Waals surface area contributed by atoms with E-state index in [9.17, 15) is 48.6 Å². The van der Waals surface area contributed by atoms with Crippen LogP contribution >= 0.6 is 0 Å². The second kappa shape index (κ2) is 22.1. The molecule has 2 aliphatic rings. The molecule has 2 aromatic heterocycles. The van der Waals surface area contributed by atoms with Gasteiger partial charge in [-0.2, -0.15) is 0 Å². The standard InChI is InChI=1S/C45H57N11O10/c1-24(2)16-32-39(60)53-35(19-27-21-47-23-49-27)42(63)50-31(13-14-38(46)59)45(66)56-15-5-8-37(56)44(65)54-33(17-25-9-11-28(58)12-10-25)40(61)55-36(22-57)43(64)52-34(41(62)51-32)18-26-20-48-30-7-4-3-6-29(26)30/h3-4,6-7,9-12,20-21,23-24,31-37,48,57-58H,5,8,13-19,22H2,1-2H3,(H2,46,59)(H,47,49)(H,50,63)(H,51,62)(H,52,64)(H,53,60)(H,54,65)(H,55,61)/t31-,32-,33-,34-,35-,36-,37-/m0/s1.